The van der Waals surface area contributed by atoms with Crippen LogP contribution in [0.4, 0.5) is 10.3 Å². The molecular weight excluding hydrogens is 236 g/mol. The molecule has 3 N–H and O–H groups in total. The first-order chi connectivity index (χ1) is 8.06. The molecule has 17 heavy (non-hydrogen) atoms. The predicted molar refractivity (Wildman–Crippen MR) is 68.2 cm³/mol. The second kappa shape index (κ2) is 4.50. The summed E-state index contributed by atoms with van der Waals surface area (Å²) in [6, 6.07) is 5.73. The first-order valence-corrected chi connectivity index (χ1v) is 5.85. The van der Waals surface area contributed by atoms with Crippen LogP contribution in [-0.2, 0) is 0 Å². The van der Waals surface area contributed by atoms with Crippen LogP contribution in [0.3, 0.4) is 0 Å². The van der Waals surface area contributed by atoms with Crippen LogP contribution in [-0.4, -0.2) is 16.1 Å². The van der Waals surface area contributed by atoms with Crippen LogP contribution in [0.1, 0.15) is 21.5 Å². The summed E-state index contributed by atoms with van der Waals surface area (Å²) in [6.45, 7) is 3.84. The number of amides is 1. The third-order valence-electron chi connectivity index (χ3n) is 2.30. The van der Waals surface area contributed by atoms with E-state index in [2.05, 4.69) is 15.5 Å². The summed E-state index contributed by atoms with van der Waals surface area (Å²) in [7, 11) is 0. The highest BCUT2D eigenvalue weighted by Crippen LogP contribution is 2.18. The Morgan fingerprint density at radius 3 is 2.76 bits per heavy atom. The molecule has 0 radical (unpaired) electrons. The van der Waals surface area contributed by atoms with E-state index in [-0.39, 0.29) is 5.91 Å². The zero-order valence-electron chi connectivity index (χ0n) is 9.52. The second-order valence-corrected chi connectivity index (χ2v) is 4.73. The number of carbonyl (C=O) groups is 1. The predicted octanol–water partition coefficient (Wildman–Crippen LogP) is 1.99. The molecule has 0 atom stereocenters. The van der Waals surface area contributed by atoms with Gasteiger partial charge in [0, 0.05) is 5.56 Å². The van der Waals surface area contributed by atoms with Crippen molar-refractivity contribution in [2.75, 3.05) is 11.1 Å². The standard InChI is InChI=1S/C11H12N4OS/c1-6-3-4-7(2)8(5-6)9(16)13-11-15-14-10(12)17-11/h3-5H,1-2H3,(H2,12,14)(H,13,15,16). The van der Waals surface area contributed by atoms with Crippen LogP contribution < -0.4 is 11.1 Å². The number of hydrogen-bond acceptors (Lipinski definition) is 5. The lowest BCUT2D eigenvalue weighted by Gasteiger charge is -2.05. The van der Waals surface area contributed by atoms with E-state index in [0.717, 1.165) is 22.5 Å². The average Bonchev–Trinajstić information content (AvgIpc) is 2.67. The minimum atomic E-state index is -0.192. The number of aryl methyl sites for hydroxylation is 2. The fraction of sp³-hybridized carbons (Fsp3) is 0.182. The number of nitrogens with zero attached hydrogens (tertiary/aromatic N) is 2. The quantitative estimate of drug-likeness (QED) is 0.851. The summed E-state index contributed by atoms with van der Waals surface area (Å²) < 4.78 is 0. The lowest BCUT2D eigenvalue weighted by molar-refractivity contribution is 0.102. The molecule has 1 heterocycles. The smallest absolute Gasteiger partial charge is 0.257 e. The molecule has 0 aliphatic rings. The molecule has 0 saturated carbocycles. The molecule has 0 unspecified atom stereocenters. The molecule has 0 saturated heterocycles. The normalized spacial score (nSPS) is 10.2. The number of benzene rings is 1. The van der Waals surface area contributed by atoms with Crippen molar-refractivity contribution in [2.24, 2.45) is 0 Å². The van der Waals surface area contributed by atoms with Gasteiger partial charge in [0.25, 0.3) is 5.91 Å². The topological polar surface area (TPSA) is 80.9 Å². The van der Waals surface area contributed by atoms with E-state index in [1.54, 1.807) is 0 Å². The van der Waals surface area contributed by atoms with E-state index in [4.69, 9.17) is 5.73 Å². The fourth-order valence-electron chi connectivity index (χ4n) is 1.43. The summed E-state index contributed by atoms with van der Waals surface area (Å²) in [5.74, 6) is -0.192. The average molecular weight is 248 g/mol. The molecule has 88 valence electrons. The molecule has 0 fully saturated rings. The minimum absolute atomic E-state index is 0.192. The molecule has 0 bridgehead atoms. The zero-order chi connectivity index (χ0) is 12.4. The van der Waals surface area contributed by atoms with Gasteiger partial charge in [0.15, 0.2) is 0 Å². The van der Waals surface area contributed by atoms with Gasteiger partial charge in [-0.05, 0) is 25.5 Å². The Bertz CT molecular complexity index is 564. The summed E-state index contributed by atoms with van der Waals surface area (Å²) in [5.41, 5.74) is 8.04. The van der Waals surface area contributed by atoms with Crippen LogP contribution >= 0.6 is 11.3 Å². The Kier molecular flexibility index (Phi) is 3.06. The summed E-state index contributed by atoms with van der Waals surface area (Å²) in [4.78, 5) is 12.0. The lowest BCUT2D eigenvalue weighted by atomic mass is 10.1. The van der Waals surface area contributed by atoms with Crippen molar-refractivity contribution < 1.29 is 4.79 Å². The molecule has 1 aromatic carbocycles. The van der Waals surface area contributed by atoms with Gasteiger partial charge in [0.1, 0.15) is 0 Å². The van der Waals surface area contributed by atoms with Crippen molar-refractivity contribution in [3.63, 3.8) is 0 Å². The Morgan fingerprint density at radius 1 is 1.35 bits per heavy atom. The van der Waals surface area contributed by atoms with Gasteiger partial charge in [0.05, 0.1) is 0 Å². The number of aromatic nitrogens is 2. The molecule has 0 spiro atoms. The van der Waals surface area contributed by atoms with Crippen molar-refractivity contribution >= 4 is 27.5 Å². The van der Waals surface area contributed by atoms with Crippen LogP contribution in [0.5, 0.6) is 0 Å². The first-order valence-electron chi connectivity index (χ1n) is 5.04. The number of hydrogen-bond donors (Lipinski definition) is 2. The van der Waals surface area contributed by atoms with E-state index in [0.29, 0.717) is 15.8 Å². The third kappa shape index (κ3) is 2.59. The number of rotatable bonds is 2. The summed E-state index contributed by atoms with van der Waals surface area (Å²) in [6.07, 6.45) is 0. The van der Waals surface area contributed by atoms with Crippen molar-refractivity contribution in [3.05, 3.63) is 34.9 Å². The molecular formula is C11H12N4OS. The number of anilines is 2. The van der Waals surface area contributed by atoms with Gasteiger partial charge in [-0.1, -0.05) is 29.0 Å². The van der Waals surface area contributed by atoms with Gasteiger partial charge in [-0.2, -0.15) is 0 Å². The number of nitrogens with one attached hydrogen (secondary N) is 1. The van der Waals surface area contributed by atoms with Crippen LogP contribution in [0.2, 0.25) is 0 Å². The van der Waals surface area contributed by atoms with Gasteiger partial charge < -0.3 is 5.73 Å². The summed E-state index contributed by atoms with van der Waals surface area (Å²) in [5, 5.41) is 10.8. The molecule has 0 aliphatic carbocycles. The molecule has 2 aromatic rings. The minimum Gasteiger partial charge on any atom is -0.374 e. The summed E-state index contributed by atoms with van der Waals surface area (Å²) >= 11 is 1.14. The highest BCUT2D eigenvalue weighted by atomic mass is 32.1. The van der Waals surface area contributed by atoms with E-state index in [9.17, 15) is 4.79 Å². The van der Waals surface area contributed by atoms with Crippen molar-refractivity contribution in [1.29, 1.82) is 0 Å². The van der Waals surface area contributed by atoms with Gasteiger partial charge in [0.2, 0.25) is 10.3 Å². The van der Waals surface area contributed by atoms with E-state index < -0.39 is 0 Å². The SMILES string of the molecule is Cc1ccc(C)c(C(=O)Nc2nnc(N)s2)c1. The van der Waals surface area contributed by atoms with Crippen molar-refractivity contribution in [3.8, 4) is 0 Å². The van der Waals surface area contributed by atoms with E-state index >= 15 is 0 Å². The lowest BCUT2D eigenvalue weighted by Crippen LogP contribution is -2.13. The largest absolute Gasteiger partial charge is 0.374 e. The maximum Gasteiger partial charge on any atom is 0.257 e. The monoisotopic (exact) mass is 248 g/mol. The van der Waals surface area contributed by atoms with Crippen molar-refractivity contribution in [2.45, 2.75) is 13.8 Å². The first kappa shape index (κ1) is 11.5. The molecule has 2 rings (SSSR count). The van der Waals surface area contributed by atoms with Gasteiger partial charge in [-0.3, -0.25) is 10.1 Å². The van der Waals surface area contributed by atoms with Crippen LogP contribution in [0, 0.1) is 13.8 Å². The van der Waals surface area contributed by atoms with Crippen molar-refractivity contribution in [1.82, 2.24) is 10.2 Å². The number of carbonyl (C=O) groups excluding carboxylic acids is 1. The van der Waals surface area contributed by atoms with Gasteiger partial charge >= 0.3 is 0 Å². The maximum atomic E-state index is 12.0. The Balaban J connectivity index is 2.22. The Morgan fingerprint density at radius 2 is 2.12 bits per heavy atom. The number of nitrogen functional groups attached to an aromatic ring is 1. The fourth-order valence-corrected chi connectivity index (χ4v) is 1.94. The Hall–Kier alpha value is -1.95. The van der Waals surface area contributed by atoms with Gasteiger partial charge in [-0.25, -0.2) is 0 Å². The van der Waals surface area contributed by atoms with E-state index in [1.807, 2.05) is 32.0 Å². The highest BCUT2D eigenvalue weighted by molar-refractivity contribution is 7.19. The van der Waals surface area contributed by atoms with E-state index in [1.165, 1.54) is 0 Å². The third-order valence-corrected chi connectivity index (χ3v) is 2.97. The molecule has 5 nitrogen and oxygen atoms in total. The second-order valence-electron chi connectivity index (χ2n) is 3.72. The Labute approximate surface area is 103 Å². The highest BCUT2D eigenvalue weighted by Gasteiger charge is 2.11. The maximum absolute atomic E-state index is 12.0. The molecule has 6 heteroatoms. The number of nitrogens with two attached hydrogens (primary N) is 1. The van der Waals surface area contributed by atoms with Gasteiger partial charge in [-0.15, -0.1) is 10.2 Å². The molecule has 1 aromatic heterocycles. The van der Waals surface area contributed by atoms with Crippen LogP contribution in [0.25, 0.3) is 0 Å². The zero-order valence-corrected chi connectivity index (χ0v) is 10.3. The van der Waals surface area contributed by atoms with Crippen LogP contribution in [0.15, 0.2) is 18.2 Å². The molecule has 1 amide bonds. The molecule has 0 aliphatic heterocycles.